The highest BCUT2D eigenvalue weighted by molar-refractivity contribution is 6.30. The van der Waals surface area contributed by atoms with Gasteiger partial charge in [-0.05, 0) is 38.5 Å². The Kier molecular flexibility index (Phi) is 3.28. The van der Waals surface area contributed by atoms with E-state index in [1.54, 1.807) is 12.1 Å². The molecule has 0 aromatic heterocycles. The number of benzene rings is 1. The summed E-state index contributed by atoms with van der Waals surface area (Å²) in [5.41, 5.74) is 1.26. The van der Waals surface area contributed by atoms with Gasteiger partial charge in [0.25, 0.3) is 0 Å². The maximum atomic E-state index is 9.09. The van der Waals surface area contributed by atoms with Crippen molar-refractivity contribution in [2.24, 2.45) is 0 Å². The van der Waals surface area contributed by atoms with Gasteiger partial charge in [0, 0.05) is 11.6 Å². The van der Waals surface area contributed by atoms with Gasteiger partial charge in [0.1, 0.15) is 6.07 Å². The van der Waals surface area contributed by atoms with Crippen molar-refractivity contribution in [1.29, 1.82) is 5.26 Å². The predicted octanol–water partition coefficient (Wildman–Crippen LogP) is 3.19. The van der Waals surface area contributed by atoms with Crippen LogP contribution in [-0.4, -0.2) is 18.2 Å². The molecule has 2 rings (SSSR count). The average molecular weight is 251 g/mol. The monoisotopic (exact) mass is 250 g/mol. The van der Waals surface area contributed by atoms with Crippen molar-refractivity contribution in [2.75, 3.05) is 11.9 Å². The van der Waals surface area contributed by atoms with Crippen LogP contribution in [0, 0.1) is 11.3 Å². The van der Waals surface area contributed by atoms with Gasteiger partial charge in [0.05, 0.1) is 22.9 Å². The van der Waals surface area contributed by atoms with Gasteiger partial charge in [0.2, 0.25) is 0 Å². The molecule has 0 bridgehead atoms. The molecule has 0 amide bonds. The molecule has 1 aliphatic rings. The second-order valence-electron chi connectivity index (χ2n) is 4.61. The van der Waals surface area contributed by atoms with Crippen molar-refractivity contribution in [1.82, 2.24) is 0 Å². The van der Waals surface area contributed by atoms with Crippen LogP contribution in [0.5, 0.6) is 0 Å². The van der Waals surface area contributed by atoms with Gasteiger partial charge in [-0.1, -0.05) is 11.6 Å². The first-order valence-corrected chi connectivity index (χ1v) is 6.02. The topological polar surface area (TPSA) is 45.0 Å². The molecule has 0 radical (unpaired) electrons. The number of rotatable bonds is 2. The molecule has 1 heterocycles. The van der Waals surface area contributed by atoms with Crippen molar-refractivity contribution < 1.29 is 4.74 Å². The molecule has 0 spiro atoms. The van der Waals surface area contributed by atoms with E-state index in [1.807, 2.05) is 13.0 Å². The molecule has 0 aliphatic carbocycles. The van der Waals surface area contributed by atoms with Crippen LogP contribution in [0.1, 0.15) is 25.8 Å². The molecule has 1 saturated heterocycles. The zero-order valence-electron chi connectivity index (χ0n) is 9.96. The van der Waals surface area contributed by atoms with Gasteiger partial charge in [-0.15, -0.1) is 0 Å². The number of halogens is 1. The summed E-state index contributed by atoms with van der Waals surface area (Å²) in [4.78, 5) is 0. The molecule has 4 heteroatoms. The van der Waals surface area contributed by atoms with Gasteiger partial charge in [-0.3, -0.25) is 0 Å². The molecule has 17 heavy (non-hydrogen) atoms. The molecule has 1 fully saturated rings. The zero-order chi connectivity index (χ0) is 12.5. The summed E-state index contributed by atoms with van der Waals surface area (Å²) < 4.78 is 5.57. The fourth-order valence-electron chi connectivity index (χ4n) is 2.02. The van der Waals surface area contributed by atoms with Crippen LogP contribution in [-0.2, 0) is 4.74 Å². The predicted molar refractivity (Wildman–Crippen MR) is 68.2 cm³/mol. The Morgan fingerprint density at radius 2 is 2.35 bits per heavy atom. The Bertz CT molecular complexity index is 469. The normalized spacial score (nSPS) is 27.8. The van der Waals surface area contributed by atoms with Crippen molar-refractivity contribution >= 4 is 17.3 Å². The van der Waals surface area contributed by atoms with Crippen molar-refractivity contribution in [3.8, 4) is 6.07 Å². The van der Waals surface area contributed by atoms with E-state index in [0.29, 0.717) is 10.6 Å². The lowest BCUT2D eigenvalue weighted by molar-refractivity contribution is 0.105. The number of nitrogens with zero attached hydrogens (tertiary/aromatic N) is 1. The minimum atomic E-state index is -0.126. The Morgan fingerprint density at radius 1 is 1.59 bits per heavy atom. The third-order valence-corrected chi connectivity index (χ3v) is 3.64. The summed E-state index contributed by atoms with van der Waals surface area (Å²) in [6, 6.07) is 7.46. The summed E-state index contributed by atoms with van der Waals surface area (Å²) in [6.07, 6.45) is 1.06. The number of nitrogens with one attached hydrogen (secondary N) is 1. The molecule has 0 saturated carbocycles. The lowest BCUT2D eigenvalue weighted by Gasteiger charge is -2.30. The molecule has 90 valence electrons. The van der Waals surface area contributed by atoms with E-state index in [9.17, 15) is 0 Å². The van der Waals surface area contributed by atoms with Crippen LogP contribution in [0.15, 0.2) is 18.2 Å². The lowest BCUT2D eigenvalue weighted by Crippen LogP contribution is -2.41. The highest BCUT2D eigenvalue weighted by Gasteiger charge is 2.37. The number of anilines is 1. The van der Waals surface area contributed by atoms with Gasteiger partial charge >= 0.3 is 0 Å². The fraction of sp³-hybridized carbons (Fsp3) is 0.462. The second-order valence-corrected chi connectivity index (χ2v) is 5.04. The van der Waals surface area contributed by atoms with E-state index in [2.05, 4.69) is 18.3 Å². The second kappa shape index (κ2) is 4.56. The fourth-order valence-corrected chi connectivity index (χ4v) is 2.20. The molecule has 1 aromatic rings. The van der Waals surface area contributed by atoms with Crippen LogP contribution >= 0.6 is 11.6 Å². The van der Waals surface area contributed by atoms with E-state index < -0.39 is 0 Å². The van der Waals surface area contributed by atoms with Gasteiger partial charge in [0.15, 0.2) is 0 Å². The van der Waals surface area contributed by atoms with E-state index in [0.717, 1.165) is 18.7 Å². The van der Waals surface area contributed by atoms with Gasteiger partial charge in [-0.25, -0.2) is 0 Å². The van der Waals surface area contributed by atoms with Gasteiger partial charge in [-0.2, -0.15) is 5.26 Å². The standard InChI is InChI=1S/C13H15ClN2O/c1-9-13(2,5-6-17-9)16-12-4-3-11(14)7-10(12)8-15/h3-4,7,9,16H,5-6H2,1-2H3. The van der Waals surface area contributed by atoms with E-state index in [-0.39, 0.29) is 11.6 Å². The molecule has 1 N–H and O–H groups in total. The summed E-state index contributed by atoms with van der Waals surface area (Å²) in [5.74, 6) is 0. The number of ether oxygens (including phenoxy) is 1. The number of hydrogen-bond donors (Lipinski definition) is 1. The van der Waals surface area contributed by atoms with Crippen LogP contribution in [0.4, 0.5) is 5.69 Å². The van der Waals surface area contributed by atoms with Crippen molar-refractivity contribution in [3.63, 3.8) is 0 Å². The molecule has 2 atom stereocenters. The van der Waals surface area contributed by atoms with Crippen LogP contribution < -0.4 is 5.32 Å². The SMILES string of the molecule is CC1OCCC1(C)Nc1ccc(Cl)cc1C#N. The minimum Gasteiger partial charge on any atom is -0.376 e. The summed E-state index contributed by atoms with van der Waals surface area (Å²) >= 11 is 5.87. The van der Waals surface area contributed by atoms with E-state index >= 15 is 0 Å². The summed E-state index contributed by atoms with van der Waals surface area (Å²) in [6.45, 7) is 4.91. The largest absolute Gasteiger partial charge is 0.376 e. The van der Waals surface area contributed by atoms with Crippen LogP contribution in [0.3, 0.4) is 0 Å². The Morgan fingerprint density at radius 3 is 2.94 bits per heavy atom. The molecule has 1 aromatic carbocycles. The molecule has 3 nitrogen and oxygen atoms in total. The highest BCUT2D eigenvalue weighted by Crippen LogP contribution is 2.31. The molecule has 2 unspecified atom stereocenters. The van der Waals surface area contributed by atoms with E-state index in [1.165, 1.54) is 0 Å². The molecular formula is C13H15ClN2O. The number of hydrogen-bond acceptors (Lipinski definition) is 3. The molecule has 1 aliphatic heterocycles. The Balaban J connectivity index is 2.27. The first-order valence-electron chi connectivity index (χ1n) is 5.64. The van der Waals surface area contributed by atoms with Crippen molar-refractivity contribution in [3.05, 3.63) is 28.8 Å². The first-order chi connectivity index (χ1) is 8.05. The Labute approximate surface area is 106 Å². The lowest BCUT2D eigenvalue weighted by atomic mass is 9.94. The van der Waals surface area contributed by atoms with Crippen LogP contribution in [0.2, 0.25) is 5.02 Å². The smallest absolute Gasteiger partial charge is 0.101 e. The van der Waals surface area contributed by atoms with Gasteiger partial charge < -0.3 is 10.1 Å². The molecular weight excluding hydrogens is 236 g/mol. The highest BCUT2D eigenvalue weighted by atomic mass is 35.5. The Hall–Kier alpha value is -1.24. The third-order valence-electron chi connectivity index (χ3n) is 3.41. The van der Waals surface area contributed by atoms with E-state index in [4.69, 9.17) is 21.6 Å². The number of nitriles is 1. The third kappa shape index (κ3) is 2.38. The average Bonchev–Trinajstić information content (AvgIpc) is 2.62. The maximum absolute atomic E-state index is 9.09. The zero-order valence-corrected chi connectivity index (χ0v) is 10.7. The van der Waals surface area contributed by atoms with Crippen LogP contribution in [0.25, 0.3) is 0 Å². The summed E-state index contributed by atoms with van der Waals surface area (Å²) in [7, 11) is 0. The quantitative estimate of drug-likeness (QED) is 0.877. The first kappa shape index (κ1) is 12.2. The maximum Gasteiger partial charge on any atom is 0.101 e. The summed E-state index contributed by atoms with van der Waals surface area (Å²) in [5, 5.41) is 13.1. The minimum absolute atomic E-state index is 0.126. The van der Waals surface area contributed by atoms with Crippen molar-refractivity contribution in [2.45, 2.75) is 31.9 Å².